The molecule has 1 aromatic heterocycles. The van der Waals surface area contributed by atoms with Gasteiger partial charge in [0.15, 0.2) is 0 Å². The lowest BCUT2D eigenvalue weighted by molar-refractivity contribution is -0.134. The van der Waals surface area contributed by atoms with Gasteiger partial charge in [0.2, 0.25) is 5.91 Å². The van der Waals surface area contributed by atoms with Gasteiger partial charge in [-0.3, -0.25) is 14.6 Å². The molecule has 2 aliphatic rings. The molecule has 2 aliphatic heterocycles. The van der Waals surface area contributed by atoms with Crippen LogP contribution < -0.4 is 4.90 Å². The Bertz CT molecular complexity index is 768. The van der Waals surface area contributed by atoms with Gasteiger partial charge in [-0.25, -0.2) is 4.98 Å². The number of benzene rings is 1. The second-order valence-corrected chi connectivity index (χ2v) is 7.95. The van der Waals surface area contributed by atoms with Crippen molar-refractivity contribution in [3.63, 3.8) is 0 Å². The first-order chi connectivity index (χ1) is 14.2. The third-order valence-electron chi connectivity index (χ3n) is 6.20. The summed E-state index contributed by atoms with van der Waals surface area (Å²) in [5, 5.41) is 0. The molecule has 2 saturated heterocycles. The molecular formula is C23H31N5O. The second kappa shape index (κ2) is 9.37. The van der Waals surface area contributed by atoms with Gasteiger partial charge in [-0.15, -0.1) is 0 Å². The molecule has 0 aliphatic carbocycles. The number of piperazine rings is 2. The molecule has 2 aromatic rings. The van der Waals surface area contributed by atoms with Crippen molar-refractivity contribution >= 4 is 11.7 Å². The first-order valence-electron chi connectivity index (χ1n) is 10.7. The van der Waals surface area contributed by atoms with Crippen LogP contribution in [-0.2, 0) is 4.79 Å². The highest BCUT2D eigenvalue weighted by atomic mass is 16.2. The van der Waals surface area contributed by atoms with Crippen molar-refractivity contribution in [1.29, 1.82) is 0 Å². The molecule has 0 saturated carbocycles. The van der Waals surface area contributed by atoms with E-state index in [9.17, 15) is 4.79 Å². The van der Waals surface area contributed by atoms with Gasteiger partial charge in [-0.2, -0.15) is 0 Å². The number of pyridine rings is 1. The van der Waals surface area contributed by atoms with E-state index in [4.69, 9.17) is 0 Å². The van der Waals surface area contributed by atoms with Crippen LogP contribution in [0.1, 0.15) is 18.5 Å². The molecule has 1 amide bonds. The van der Waals surface area contributed by atoms with Crippen LogP contribution in [0.15, 0.2) is 54.7 Å². The highest BCUT2D eigenvalue weighted by Gasteiger charge is 2.27. The molecule has 6 heteroatoms. The molecule has 0 N–H and O–H groups in total. The molecule has 0 bridgehead atoms. The zero-order valence-electron chi connectivity index (χ0n) is 17.3. The number of anilines is 1. The predicted molar refractivity (Wildman–Crippen MR) is 116 cm³/mol. The maximum Gasteiger partial charge on any atom is 0.236 e. The summed E-state index contributed by atoms with van der Waals surface area (Å²) in [5.74, 6) is 1.30. The van der Waals surface area contributed by atoms with E-state index in [1.165, 1.54) is 5.56 Å². The number of hydrogen-bond donors (Lipinski definition) is 0. The van der Waals surface area contributed by atoms with Crippen LogP contribution in [-0.4, -0.2) is 84.5 Å². The third kappa shape index (κ3) is 4.95. The van der Waals surface area contributed by atoms with E-state index in [0.29, 0.717) is 12.6 Å². The smallest absolute Gasteiger partial charge is 0.236 e. The number of carbonyl (C=O) groups is 1. The Morgan fingerprint density at radius 3 is 2.24 bits per heavy atom. The van der Waals surface area contributed by atoms with Gasteiger partial charge in [0.25, 0.3) is 0 Å². The van der Waals surface area contributed by atoms with Gasteiger partial charge in [0.1, 0.15) is 5.82 Å². The highest BCUT2D eigenvalue weighted by Crippen LogP contribution is 2.21. The van der Waals surface area contributed by atoms with Crippen LogP contribution in [0.2, 0.25) is 0 Å². The molecule has 0 unspecified atom stereocenters. The fraction of sp³-hybridized carbons (Fsp3) is 0.478. The first-order valence-corrected chi connectivity index (χ1v) is 10.7. The average molecular weight is 394 g/mol. The van der Waals surface area contributed by atoms with Gasteiger partial charge in [-0.05, 0) is 24.6 Å². The zero-order valence-corrected chi connectivity index (χ0v) is 17.3. The lowest BCUT2D eigenvalue weighted by atomic mass is 10.1. The van der Waals surface area contributed by atoms with Crippen LogP contribution >= 0.6 is 0 Å². The Balaban J connectivity index is 1.21. The van der Waals surface area contributed by atoms with Crippen molar-refractivity contribution in [2.24, 2.45) is 0 Å². The molecule has 2 fully saturated rings. The Morgan fingerprint density at radius 2 is 1.59 bits per heavy atom. The van der Waals surface area contributed by atoms with Crippen LogP contribution in [0.4, 0.5) is 5.82 Å². The molecule has 4 rings (SSSR count). The van der Waals surface area contributed by atoms with Gasteiger partial charge in [-0.1, -0.05) is 36.4 Å². The number of carbonyl (C=O) groups excluding carboxylic acids is 1. The summed E-state index contributed by atoms with van der Waals surface area (Å²) in [4.78, 5) is 26.3. The Morgan fingerprint density at radius 1 is 0.897 bits per heavy atom. The van der Waals surface area contributed by atoms with Crippen molar-refractivity contribution in [3.05, 3.63) is 60.3 Å². The average Bonchev–Trinajstić information content (AvgIpc) is 2.80. The van der Waals surface area contributed by atoms with Gasteiger partial charge >= 0.3 is 0 Å². The lowest BCUT2D eigenvalue weighted by Gasteiger charge is -2.40. The summed E-state index contributed by atoms with van der Waals surface area (Å²) in [5.41, 5.74) is 1.35. The van der Waals surface area contributed by atoms with Crippen molar-refractivity contribution in [1.82, 2.24) is 19.7 Å². The third-order valence-corrected chi connectivity index (χ3v) is 6.20. The van der Waals surface area contributed by atoms with Crippen molar-refractivity contribution < 1.29 is 4.79 Å². The van der Waals surface area contributed by atoms with Crippen molar-refractivity contribution in [2.45, 2.75) is 13.0 Å². The maximum absolute atomic E-state index is 12.8. The Labute approximate surface area is 173 Å². The van der Waals surface area contributed by atoms with Gasteiger partial charge < -0.3 is 9.80 Å². The molecule has 0 spiro atoms. The molecule has 0 radical (unpaired) electrons. The molecule has 3 heterocycles. The summed E-state index contributed by atoms with van der Waals surface area (Å²) >= 11 is 0. The molecule has 1 atom stereocenters. The number of hydrogen-bond acceptors (Lipinski definition) is 5. The van der Waals surface area contributed by atoms with Crippen molar-refractivity contribution in [3.8, 4) is 0 Å². The van der Waals surface area contributed by atoms with E-state index in [-0.39, 0.29) is 5.91 Å². The van der Waals surface area contributed by atoms with Crippen molar-refractivity contribution in [2.75, 3.05) is 63.8 Å². The number of amides is 1. The Kier molecular flexibility index (Phi) is 6.42. The minimum atomic E-state index is 0.267. The second-order valence-electron chi connectivity index (χ2n) is 7.95. The minimum absolute atomic E-state index is 0.267. The Hall–Kier alpha value is -2.44. The molecule has 154 valence electrons. The van der Waals surface area contributed by atoms with Gasteiger partial charge in [0.05, 0.1) is 6.54 Å². The summed E-state index contributed by atoms with van der Waals surface area (Å²) in [6, 6.07) is 17.0. The summed E-state index contributed by atoms with van der Waals surface area (Å²) in [7, 11) is 0. The SMILES string of the molecule is C[C@@H](c1ccccc1)N1CCN(C(=O)CN2CCN(c3ccccn3)CC2)CC1. The van der Waals surface area contributed by atoms with Crippen LogP contribution in [0.25, 0.3) is 0 Å². The summed E-state index contributed by atoms with van der Waals surface area (Å²) in [6.07, 6.45) is 1.84. The molecule has 1 aromatic carbocycles. The lowest BCUT2D eigenvalue weighted by Crippen LogP contribution is -2.54. The monoisotopic (exact) mass is 393 g/mol. The van der Waals surface area contributed by atoms with E-state index >= 15 is 0 Å². The topological polar surface area (TPSA) is 42.9 Å². The van der Waals surface area contributed by atoms with Crippen LogP contribution in [0.3, 0.4) is 0 Å². The minimum Gasteiger partial charge on any atom is -0.354 e. The van der Waals surface area contributed by atoms with E-state index in [1.54, 1.807) is 0 Å². The van der Waals surface area contributed by atoms with Crippen LogP contribution in [0.5, 0.6) is 0 Å². The van der Waals surface area contributed by atoms with E-state index < -0.39 is 0 Å². The largest absolute Gasteiger partial charge is 0.354 e. The summed E-state index contributed by atoms with van der Waals surface area (Å²) in [6.45, 7) is 9.98. The van der Waals surface area contributed by atoms with E-state index in [0.717, 1.165) is 58.2 Å². The first kappa shape index (κ1) is 19.9. The fourth-order valence-electron chi connectivity index (χ4n) is 4.27. The standard InChI is InChI=1S/C23H31N5O/c1-20(21-7-3-2-4-8-21)26-15-17-28(18-16-26)23(29)19-25-11-13-27(14-12-25)22-9-5-6-10-24-22/h2-10,20H,11-19H2,1H3/t20-/m0/s1. The fourth-order valence-corrected chi connectivity index (χ4v) is 4.27. The number of nitrogens with zero attached hydrogens (tertiary/aromatic N) is 5. The van der Waals surface area contributed by atoms with Crippen LogP contribution in [0, 0.1) is 0 Å². The van der Waals surface area contributed by atoms with E-state index in [1.807, 2.05) is 23.2 Å². The molecular weight excluding hydrogens is 362 g/mol. The normalized spacial score (nSPS) is 19.9. The predicted octanol–water partition coefficient (Wildman–Crippen LogP) is 2.11. The summed E-state index contributed by atoms with van der Waals surface area (Å²) < 4.78 is 0. The zero-order chi connectivity index (χ0) is 20.1. The number of rotatable bonds is 5. The highest BCUT2D eigenvalue weighted by molar-refractivity contribution is 5.78. The van der Waals surface area contributed by atoms with E-state index in [2.05, 4.69) is 63.0 Å². The molecule has 6 nitrogen and oxygen atoms in total. The van der Waals surface area contributed by atoms with Gasteiger partial charge in [0, 0.05) is 64.6 Å². The quantitative estimate of drug-likeness (QED) is 0.778. The number of aromatic nitrogens is 1. The maximum atomic E-state index is 12.8. The molecule has 29 heavy (non-hydrogen) atoms.